The fourth-order valence-corrected chi connectivity index (χ4v) is 1.73. The Morgan fingerprint density at radius 1 is 1.21 bits per heavy atom. The molecule has 2 N–H and O–H groups in total. The van der Waals surface area contributed by atoms with Gasteiger partial charge in [-0.05, 0) is 30.7 Å². The van der Waals surface area contributed by atoms with Gasteiger partial charge in [-0.15, -0.1) is 0 Å². The van der Waals surface area contributed by atoms with Crippen LogP contribution in [0.15, 0.2) is 41.3 Å². The van der Waals surface area contributed by atoms with Crippen LogP contribution in [0, 0.1) is 6.92 Å². The van der Waals surface area contributed by atoms with E-state index < -0.39 is 0 Å². The Bertz CT molecular complexity index is 708. The standard InChI is InChI=1S/C13H11N5O/c1-8-2-3-9(14)6-10(8)13-17-12(18-19-13)11-4-5-15-7-16-11/h2-7H,14H2,1H3. The van der Waals surface area contributed by atoms with Crippen molar-refractivity contribution in [2.45, 2.75) is 6.92 Å². The molecule has 0 unspecified atom stereocenters. The Morgan fingerprint density at radius 2 is 2.11 bits per heavy atom. The van der Waals surface area contributed by atoms with Crippen LogP contribution in [0.2, 0.25) is 0 Å². The molecule has 0 bridgehead atoms. The smallest absolute Gasteiger partial charge is 0.258 e. The summed E-state index contributed by atoms with van der Waals surface area (Å²) < 4.78 is 5.26. The van der Waals surface area contributed by atoms with Crippen LogP contribution in [0.25, 0.3) is 23.0 Å². The summed E-state index contributed by atoms with van der Waals surface area (Å²) in [5, 5.41) is 3.92. The molecule has 0 radical (unpaired) electrons. The first-order chi connectivity index (χ1) is 9.24. The fourth-order valence-electron chi connectivity index (χ4n) is 1.73. The maximum atomic E-state index is 5.77. The van der Waals surface area contributed by atoms with Crippen molar-refractivity contribution in [3.05, 3.63) is 42.4 Å². The van der Waals surface area contributed by atoms with Crippen molar-refractivity contribution >= 4 is 5.69 Å². The van der Waals surface area contributed by atoms with Crippen molar-refractivity contribution in [2.75, 3.05) is 5.73 Å². The maximum absolute atomic E-state index is 5.77. The highest BCUT2D eigenvalue weighted by molar-refractivity contribution is 5.65. The van der Waals surface area contributed by atoms with Gasteiger partial charge in [-0.2, -0.15) is 4.98 Å². The Labute approximate surface area is 109 Å². The zero-order chi connectivity index (χ0) is 13.2. The lowest BCUT2D eigenvalue weighted by Gasteiger charge is -2.01. The van der Waals surface area contributed by atoms with E-state index in [2.05, 4.69) is 20.1 Å². The molecular formula is C13H11N5O. The van der Waals surface area contributed by atoms with E-state index in [0.29, 0.717) is 23.1 Å². The molecule has 6 nitrogen and oxygen atoms in total. The summed E-state index contributed by atoms with van der Waals surface area (Å²) >= 11 is 0. The largest absolute Gasteiger partial charge is 0.399 e. The second-order valence-electron chi connectivity index (χ2n) is 4.09. The molecule has 0 saturated carbocycles. The van der Waals surface area contributed by atoms with Crippen molar-refractivity contribution in [1.29, 1.82) is 0 Å². The lowest BCUT2D eigenvalue weighted by molar-refractivity contribution is 0.432. The van der Waals surface area contributed by atoms with Crippen LogP contribution >= 0.6 is 0 Å². The third kappa shape index (κ3) is 2.15. The summed E-state index contributed by atoms with van der Waals surface area (Å²) in [4.78, 5) is 12.3. The number of rotatable bonds is 2. The van der Waals surface area contributed by atoms with E-state index in [4.69, 9.17) is 10.3 Å². The second kappa shape index (κ2) is 4.49. The van der Waals surface area contributed by atoms with Gasteiger partial charge in [0.05, 0.1) is 0 Å². The van der Waals surface area contributed by atoms with Gasteiger partial charge >= 0.3 is 0 Å². The van der Waals surface area contributed by atoms with E-state index in [1.54, 1.807) is 12.3 Å². The topological polar surface area (TPSA) is 90.7 Å². The molecule has 0 aliphatic heterocycles. The van der Waals surface area contributed by atoms with E-state index >= 15 is 0 Å². The molecule has 0 saturated heterocycles. The molecule has 94 valence electrons. The van der Waals surface area contributed by atoms with E-state index in [0.717, 1.165) is 11.1 Å². The number of aryl methyl sites for hydroxylation is 1. The lowest BCUT2D eigenvalue weighted by atomic mass is 10.1. The van der Waals surface area contributed by atoms with Gasteiger partial charge < -0.3 is 10.3 Å². The van der Waals surface area contributed by atoms with Crippen LogP contribution in [0.5, 0.6) is 0 Å². The summed E-state index contributed by atoms with van der Waals surface area (Å²) in [6, 6.07) is 7.28. The molecule has 19 heavy (non-hydrogen) atoms. The number of nitrogens with zero attached hydrogens (tertiary/aromatic N) is 4. The van der Waals surface area contributed by atoms with Crippen LogP contribution in [-0.2, 0) is 0 Å². The number of nitrogens with two attached hydrogens (primary N) is 1. The average molecular weight is 253 g/mol. The first-order valence-electron chi connectivity index (χ1n) is 5.70. The minimum atomic E-state index is 0.429. The predicted octanol–water partition coefficient (Wildman–Crippen LogP) is 2.08. The normalized spacial score (nSPS) is 10.6. The highest BCUT2D eigenvalue weighted by Gasteiger charge is 2.13. The summed E-state index contributed by atoms with van der Waals surface area (Å²) in [5.74, 6) is 0.859. The van der Waals surface area contributed by atoms with Crippen molar-refractivity contribution in [2.24, 2.45) is 0 Å². The fraction of sp³-hybridized carbons (Fsp3) is 0.0769. The predicted molar refractivity (Wildman–Crippen MR) is 69.9 cm³/mol. The number of anilines is 1. The van der Waals surface area contributed by atoms with Crippen LogP contribution in [0.4, 0.5) is 5.69 Å². The number of benzene rings is 1. The van der Waals surface area contributed by atoms with Gasteiger partial charge in [0.25, 0.3) is 5.89 Å². The van der Waals surface area contributed by atoms with Crippen LogP contribution in [-0.4, -0.2) is 20.1 Å². The minimum Gasteiger partial charge on any atom is -0.399 e. The maximum Gasteiger partial charge on any atom is 0.258 e. The number of hydrogen-bond donors (Lipinski definition) is 1. The summed E-state index contributed by atoms with van der Waals surface area (Å²) in [6.45, 7) is 1.96. The van der Waals surface area contributed by atoms with Crippen molar-refractivity contribution in [3.8, 4) is 23.0 Å². The molecule has 1 aromatic carbocycles. The molecule has 2 heterocycles. The molecule has 6 heteroatoms. The third-order valence-electron chi connectivity index (χ3n) is 2.73. The molecule has 0 spiro atoms. The number of nitrogen functional groups attached to an aromatic ring is 1. The van der Waals surface area contributed by atoms with E-state index in [9.17, 15) is 0 Å². The third-order valence-corrected chi connectivity index (χ3v) is 2.73. The molecule has 0 fully saturated rings. The summed E-state index contributed by atoms with van der Waals surface area (Å²) in [5.41, 5.74) is 8.89. The molecule has 2 aromatic heterocycles. The molecule has 0 amide bonds. The lowest BCUT2D eigenvalue weighted by Crippen LogP contribution is -1.89. The van der Waals surface area contributed by atoms with Gasteiger partial charge in [0.15, 0.2) is 0 Å². The van der Waals surface area contributed by atoms with Gasteiger partial charge in [-0.1, -0.05) is 11.2 Å². The van der Waals surface area contributed by atoms with Crippen molar-refractivity contribution < 1.29 is 4.52 Å². The molecule has 0 aliphatic rings. The summed E-state index contributed by atoms with van der Waals surface area (Å²) in [7, 11) is 0. The molecule has 0 aliphatic carbocycles. The van der Waals surface area contributed by atoms with Gasteiger partial charge in [-0.25, -0.2) is 9.97 Å². The number of hydrogen-bond acceptors (Lipinski definition) is 6. The number of aromatic nitrogens is 4. The monoisotopic (exact) mass is 253 g/mol. The Morgan fingerprint density at radius 3 is 2.89 bits per heavy atom. The Balaban J connectivity index is 2.04. The van der Waals surface area contributed by atoms with Gasteiger partial charge in [0, 0.05) is 17.4 Å². The van der Waals surface area contributed by atoms with Gasteiger partial charge in [0.1, 0.15) is 12.0 Å². The first-order valence-corrected chi connectivity index (χ1v) is 5.70. The Kier molecular flexibility index (Phi) is 2.68. The molecule has 3 aromatic rings. The highest BCUT2D eigenvalue weighted by atomic mass is 16.5. The van der Waals surface area contributed by atoms with Gasteiger partial charge in [0.2, 0.25) is 5.82 Å². The second-order valence-corrected chi connectivity index (χ2v) is 4.09. The summed E-state index contributed by atoms with van der Waals surface area (Å²) in [6.07, 6.45) is 3.07. The average Bonchev–Trinajstić information content (AvgIpc) is 2.92. The quantitative estimate of drug-likeness (QED) is 0.703. The van der Waals surface area contributed by atoms with E-state index in [1.807, 2.05) is 25.1 Å². The minimum absolute atomic E-state index is 0.429. The first kappa shape index (κ1) is 11.3. The van der Waals surface area contributed by atoms with Crippen LogP contribution in [0.1, 0.15) is 5.56 Å². The van der Waals surface area contributed by atoms with Crippen LogP contribution in [0.3, 0.4) is 0 Å². The highest BCUT2D eigenvalue weighted by Crippen LogP contribution is 2.25. The van der Waals surface area contributed by atoms with Gasteiger partial charge in [-0.3, -0.25) is 0 Å². The molecule has 3 rings (SSSR count). The zero-order valence-electron chi connectivity index (χ0n) is 10.2. The molecular weight excluding hydrogens is 242 g/mol. The van der Waals surface area contributed by atoms with E-state index in [-0.39, 0.29) is 0 Å². The molecule has 0 atom stereocenters. The van der Waals surface area contributed by atoms with Crippen LogP contribution < -0.4 is 5.73 Å². The zero-order valence-corrected chi connectivity index (χ0v) is 10.2. The van der Waals surface area contributed by atoms with Crippen molar-refractivity contribution in [3.63, 3.8) is 0 Å². The SMILES string of the molecule is Cc1ccc(N)cc1-c1nc(-c2ccncn2)no1. The van der Waals surface area contributed by atoms with E-state index in [1.165, 1.54) is 6.33 Å². The van der Waals surface area contributed by atoms with Crippen molar-refractivity contribution in [1.82, 2.24) is 20.1 Å². The Hall–Kier alpha value is -2.76.